The zero-order valence-electron chi connectivity index (χ0n) is 10.9. The molecule has 2 N–H and O–H groups in total. The summed E-state index contributed by atoms with van der Waals surface area (Å²) in [5.41, 5.74) is 10.8. The topological polar surface area (TPSA) is 43.1 Å². The number of nitrogen functional groups attached to an aromatic ring is 1. The van der Waals surface area contributed by atoms with E-state index in [1.54, 1.807) is 6.07 Å². The molecule has 2 aromatic rings. The molecule has 0 aliphatic rings. The Labute approximate surface area is 107 Å². The lowest BCUT2D eigenvalue weighted by molar-refractivity contribution is 0.103. The van der Waals surface area contributed by atoms with Crippen LogP contribution >= 0.6 is 0 Å². The molecule has 0 aliphatic carbocycles. The fourth-order valence-corrected chi connectivity index (χ4v) is 1.99. The molecule has 0 atom stereocenters. The molecule has 0 amide bonds. The Morgan fingerprint density at radius 1 is 0.889 bits per heavy atom. The molecule has 2 aromatic carbocycles. The van der Waals surface area contributed by atoms with Crippen LogP contribution in [0, 0.1) is 20.8 Å². The van der Waals surface area contributed by atoms with Crippen LogP contribution in [-0.4, -0.2) is 5.78 Å². The predicted molar refractivity (Wildman–Crippen MR) is 74.9 cm³/mol. The number of benzene rings is 2. The fraction of sp³-hybridized carbons (Fsp3) is 0.188. The average molecular weight is 239 g/mol. The van der Waals surface area contributed by atoms with Crippen LogP contribution in [0.4, 0.5) is 5.69 Å². The van der Waals surface area contributed by atoms with Crippen LogP contribution in [0.1, 0.15) is 32.6 Å². The molecular weight excluding hydrogens is 222 g/mol. The standard InChI is InChI=1S/C16H17NO/c1-10-4-6-12(3)13(8-10)16(18)14-9-11(2)5-7-15(14)17/h4-9H,17H2,1-3H3. The number of hydrogen-bond donors (Lipinski definition) is 1. The normalized spacial score (nSPS) is 10.4. The van der Waals surface area contributed by atoms with Gasteiger partial charge in [0.15, 0.2) is 5.78 Å². The molecule has 0 bridgehead atoms. The van der Waals surface area contributed by atoms with E-state index >= 15 is 0 Å². The van der Waals surface area contributed by atoms with Crippen LogP contribution in [0.25, 0.3) is 0 Å². The molecular formula is C16H17NO. The first-order chi connectivity index (χ1) is 8.49. The second-order valence-corrected chi connectivity index (χ2v) is 4.74. The summed E-state index contributed by atoms with van der Waals surface area (Å²) < 4.78 is 0. The van der Waals surface area contributed by atoms with E-state index in [-0.39, 0.29) is 5.78 Å². The molecule has 0 saturated heterocycles. The summed E-state index contributed by atoms with van der Waals surface area (Å²) in [6, 6.07) is 11.4. The highest BCUT2D eigenvalue weighted by atomic mass is 16.1. The Morgan fingerprint density at radius 3 is 2.11 bits per heavy atom. The molecule has 0 radical (unpaired) electrons. The molecule has 0 aromatic heterocycles. The highest BCUT2D eigenvalue weighted by molar-refractivity contribution is 6.13. The zero-order chi connectivity index (χ0) is 13.3. The summed E-state index contributed by atoms with van der Waals surface area (Å²) in [4.78, 5) is 12.5. The SMILES string of the molecule is Cc1ccc(C)c(C(=O)c2cc(C)ccc2N)c1. The van der Waals surface area contributed by atoms with Gasteiger partial charge in [0.2, 0.25) is 0 Å². The van der Waals surface area contributed by atoms with Crippen molar-refractivity contribution < 1.29 is 4.79 Å². The van der Waals surface area contributed by atoms with Crippen molar-refractivity contribution in [1.29, 1.82) is 0 Å². The van der Waals surface area contributed by atoms with Gasteiger partial charge in [0.1, 0.15) is 0 Å². The minimum atomic E-state index is -0.00241. The van der Waals surface area contributed by atoms with Gasteiger partial charge in [-0.15, -0.1) is 0 Å². The van der Waals surface area contributed by atoms with E-state index in [1.165, 1.54) is 0 Å². The number of anilines is 1. The van der Waals surface area contributed by atoms with Crippen molar-refractivity contribution in [3.8, 4) is 0 Å². The highest BCUT2D eigenvalue weighted by Gasteiger charge is 2.14. The Balaban J connectivity index is 2.54. The van der Waals surface area contributed by atoms with E-state index in [0.717, 1.165) is 22.3 Å². The number of rotatable bonds is 2. The first kappa shape index (κ1) is 12.4. The second kappa shape index (κ2) is 4.65. The number of carbonyl (C=O) groups is 1. The van der Waals surface area contributed by atoms with Crippen molar-refractivity contribution in [1.82, 2.24) is 0 Å². The summed E-state index contributed by atoms with van der Waals surface area (Å²) in [6.07, 6.45) is 0. The van der Waals surface area contributed by atoms with Gasteiger partial charge in [-0.05, 0) is 44.5 Å². The first-order valence-corrected chi connectivity index (χ1v) is 5.97. The second-order valence-electron chi connectivity index (χ2n) is 4.74. The molecule has 92 valence electrons. The number of carbonyl (C=O) groups excluding carboxylic acids is 1. The van der Waals surface area contributed by atoms with Crippen molar-refractivity contribution in [2.75, 3.05) is 5.73 Å². The van der Waals surface area contributed by atoms with Gasteiger partial charge in [-0.1, -0.05) is 29.3 Å². The molecule has 0 saturated carbocycles. The van der Waals surface area contributed by atoms with Crippen LogP contribution in [0.2, 0.25) is 0 Å². The van der Waals surface area contributed by atoms with Gasteiger partial charge < -0.3 is 5.73 Å². The average Bonchev–Trinajstić information content (AvgIpc) is 2.34. The lowest BCUT2D eigenvalue weighted by Crippen LogP contribution is -2.07. The number of aryl methyl sites for hydroxylation is 3. The fourth-order valence-electron chi connectivity index (χ4n) is 1.99. The van der Waals surface area contributed by atoms with Gasteiger partial charge in [-0.2, -0.15) is 0 Å². The Kier molecular flexibility index (Phi) is 3.19. The number of nitrogens with two attached hydrogens (primary N) is 1. The maximum Gasteiger partial charge on any atom is 0.195 e. The van der Waals surface area contributed by atoms with Gasteiger partial charge in [-0.3, -0.25) is 4.79 Å². The summed E-state index contributed by atoms with van der Waals surface area (Å²) in [5, 5.41) is 0. The van der Waals surface area contributed by atoms with E-state index < -0.39 is 0 Å². The third kappa shape index (κ3) is 2.28. The zero-order valence-corrected chi connectivity index (χ0v) is 10.9. The van der Waals surface area contributed by atoms with E-state index in [1.807, 2.05) is 51.1 Å². The number of hydrogen-bond acceptors (Lipinski definition) is 2. The van der Waals surface area contributed by atoms with Crippen molar-refractivity contribution >= 4 is 11.5 Å². The van der Waals surface area contributed by atoms with E-state index in [9.17, 15) is 4.79 Å². The van der Waals surface area contributed by atoms with Crippen molar-refractivity contribution in [3.63, 3.8) is 0 Å². The minimum absolute atomic E-state index is 0.00241. The third-order valence-electron chi connectivity index (χ3n) is 3.09. The molecule has 0 unspecified atom stereocenters. The van der Waals surface area contributed by atoms with Crippen molar-refractivity contribution in [2.24, 2.45) is 0 Å². The molecule has 18 heavy (non-hydrogen) atoms. The smallest absolute Gasteiger partial charge is 0.195 e. The maximum absolute atomic E-state index is 12.5. The van der Waals surface area contributed by atoms with Gasteiger partial charge in [0.25, 0.3) is 0 Å². The largest absolute Gasteiger partial charge is 0.398 e. The lowest BCUT2D eigenvalue weighted by atomic mass is 9.95. The summed E-state index contributed by atoms with van der Waals surface area (Å²) in [6.45, 7) is 5.88. The Bertz CT molecular complexity index is 561. The molecule has 0 spiro atoms. The van der Waals surface area contributed by atoms with Crippen LogP contribution < -0.4 is 5.73 Å². The van der Waals surface area contributed by atoms with Gasteiger partial charge >= 0.3 is 0 Å². The van der Waals surface area contributed by atoms with Gasteiger partial charge in [0, 0.05) is 16.8 Å². The van der Waals surface area contributed by atoms with Crippen LogP contribution in [0.5, 0.6) is 0 Å². The van der Waals surface area contributed by atoms with Gasteiger partial charge in [0.05, 0.1) is 0 Å². The summed E-state index contributed by atoms with van der Waals surface area (Å²) in [7, 11) is 0. The molecule has 2 heteroatoms. The van der Waals surface area contributed by atoms with Crippen molar-refractivity contribution in [2.45, 2.75) is 20.8 Å². The maximum atomic E-state index is 12.5. The molecule has 0 heterocycles. The lowest BCUT2D eigenvalue weighted by Gasteiger charge is -2.09. The molecule has 0 fully saturated rings. The Hall–Kier alpha value is -2.09. The third-order valence-corrected chi connectivity index (χ3v) is 3.09. The first-order valence-electron chi connectivity index (χ1n) is 5.97. The van der Waals surface area contributed by atoms with Crippen LogP contribution in [-0.2, 0) is 0 Å². The van der Waals surface area contributed by atoms with Crippen molar-refractivity contribution in [3.05, 3.63) is 64.2 Å². The molecule has 2 nitrogen and oxygen atoms in total. The van der Waals surface area contributed by atoms with E-state index in [0.29, 0.717) is 11.3 Å². The predicted octanol–water partition coefficient (Wildman–Crippen LogP) is 3.43. The van der Waals surface area contributed by atoms with Crippen LogP contribution in [0.3, 0.4) is 0 Å². The number of ketones is 1. The quantitative estimate of drug-likeness (QED) is 0.644. The summed E-state index contributed by atoms with van der Waals surface area (Å²) in [5.74, 6) is -0.00241. The van der Waals surface area contributed by atoms with Crippen LogP contribution in [0.15, 0.2) is 36.4 Å². The molecule has 0 aliphatic heterocycles. The summed E-state index contributed by atoms with van der Waals surface area (Å²) >= 11 is 0. The van der Waals surface area contributed by atoms with Gasteiger partial charge in [-0.25, -0.2) is 0 Å². The Morgan fingerprint density at radius 2 is 1.44 bits per heavy atom. The molecule has 2 rings (SSSR count). The van der Waals surface area contributed by atoms with E-state index in [2.05, 4.69) is 0 Å². The monoisotopic (exact) mass is 239 g/mol. The van der Waals surface area contributed by atoms with E-state index in [4.69, 9.17) is 5.73 Å². The minimum Gasteiger partial charge on any atom is -0.398 e. The highest BCUT2D eigenvalue weighted by Crippen LogP contribution is 2.21.